The highest BCUT2D eigenvalue weighted by Gasteiger charge is 2.30. The average Bonchev–Trinajstić information content (AvgIpc) is 2.58. The van der Waals surface area contributed by atoms with E-state index in [9.17, 15) is 18.0 Å². The van der Waals surface area contributed by atoms with Crippen molar-refractivity contribution in [3.63, 3.8) is 0 Å². The number of amides is 1. The van der Waals surface area contributed by atoms with Crippen LogP contribution in [0.3, 0.4) is 0 Å². The molecule has 0 aliphatic heterocycles. The van der Waals surface area contributed by atoms with Gasteiger partial charge in [-0.25, -0.2) is 0 Å². The van der Waals surface area contributed by atoms with Crippen molar-refractivity contribution in [1.82, 2.24) is 5.32 Å². The fraction of sp³-hybridized carbons (Fsp3) is 0.316. The minimum absolute atomic E-state index is 0.0909. The lowest BCUT2D eigenvalue weighted by atomic mass is 10.1. The summed E-state index contributed by atoms with van der Waals surface area (Å²) < 4.78 is 43.3. The Labute approximate surface area is 144 Å². The molecule has 2 aromatic carbocycles. The van der Waals surface area contributed by atoms with Crippen molar-refractivity contribution in [2.75, 3.05) is 6.61 Å². The van der Waals surface area contributed by atoms with Gasteiger partial charge in [0.2, 0.25) is 5.91 Å². The standard InChI is InChI=1S/C19H20F3NO2/c1-2-25-13-15-8-6-14(7-9-15)12-23-18(24)11-16-4-3-5-17(10-16)19(20,21)22/h3-10H,2,11-13H2,1H3,(H,23,24). The number of carbonyl (C=O) groups is 1. The maximum Gasteiger partial charge on any atom is 0.416 e. The summed E-state index contributed by atoms with van der Waals surface area (Å²) in [7, 11) is 0. The predicted molar refractivity (Wildman–Crippen MR) is 88.8 cm³/mol. The molecule has 0 saturated carbocycles. The van der Waals surface area contributed by atoms with E-state index in [0.717, 1.165) is 23.3 Å². The zero-order chi connectivity index (χ0) is 18.3. The van der Waals surface area contributed by atoms with E-state index in [4.69, 9.17) is 4.74 Å². The molecule has 3 nitrogen and oxygen atoms in total. The Morgan fingerprint density at radius 1 is 1.04 bits per heavy atom. The lowest BCUT2D eigenvalue weighted by molar-refractivity contribution is -0.137. The van der Waals surface area contributed by atoms with Gasteiger partial charge in [0.25, 0.3) is 0 Å². The number of hydrogen-bond donors (Lipinski definition) is 1. The Bertz CT molecular complexity index is 697. The van der Waals surface area contributed by atoms with Gasteiger partial charge in [0.1, 0.15) is 0 Å². The Morgan fingerprint density at radius 3 is 2.36 bits per heavy atom. The molecular formula is C19H20F3NO2. The molecule has 25 heavy (non-hydrogen) atoms. The fourth-order valence-corrected chi connectivity index (χ4v) is 2.28. The van der Waals surface area contributed by atoms with Crippen molar-refractivity contribution in [2.24, 2.45) is 0 Å². The minimum Gasteiger partial charge on any atom is -0.377 e. The zero-order valence-electron chi connectivity index (χ0n) is 13.9. The molecule has 0 spiro atoms. The SMILES string of the molecule is CCOCc1ccc(CNC(=O)Cc2cccc(C(F)(F)F)c2)cc1. The summed E-state index contributed by atoms with van der Waals surface area (Å²) in [4.78, 5) is 11.9. The average molecular weight is 351 g/mol. The molecule has 0 aliphatic rings. The van der Waals surface area contributed by atoms with Crippen LogP contribution in [0.15, 0.2) is 48.5 Å². The molecule has 134 valence electrons. The quantitative estimate of drug-likeness (QED) is 0.816. The van der Waals surface area contributed by atoms with Crippen molar-refractivity contribution in [3.05, 3.63) is 70.8 Å². The number of alkyl halides is 3. The molecule has 0 heterocycles. The third kappa shape index (κ3) is 6.23. The van der Waals surface area contributed by atoms with Crippen molar-refractivity contribution in [2.45, 2.75) is 32.7 Å². The van der Waals surface area contributed by atoms with E-state index >= 15 is 0 Å². The molecule has 0 aliphatic carbocycles. The highest BCUT2D eigenvalue weighted by atomic mass is 19.4. The summed E-state index contributed by atoms with van der Waals surface area (Å²) in [6, 6.07) is 12.4. The number of hydrogen-bond acceptors (Lipinski definition) is 2. The van der Waals surface area contributed by atoms with Crippen LogP contribution < -0.4 is 5.32 Å². The van der Waals surface area contributed by atoms with Crippen LogP contribution in [0.25, 0.3) is 0 Å². The zero-order valence-corrected chi connectivity index (χ0v) is 13.9. The predicted octanol–water partition coefficient (Wildman–Crippen LogP) is 4.10. The first-order valence-corrected chi connectivity index (χ1v) is 7.97. The van der Waals surface area contributed by atoms with Gasteiger partial charge in [-0.3, -0.25) is 4.79 Å². The van der Waals surface area contributed by atoms with Crippen LogP contribution in [0, 0.1) is 0 Å². The van der Waals surface area contributed by atoms with Gasteiger partial charge in [0, 0.05) is 13.2 Å². The van der Waals surface area contributed by atoms with Gasteiger partial charge in [0.05, 0.1) is 18.6 Å². The summed E-state index contributed by atoms with van der Waals surface area (Å²) in [5.74, 6) is -0.322. The van der Waals surface area contributed by atoms with Crippen molar-refractivity contribution in [3.8, 4) is 0 Å². The summed E-state index contributed by atoms with van der Waals surface area (Å²) in [6.07, 6.45) is -4.50. The van der Waals surface area contributed by atoms with E-state index in [-0.39, 0.29) is 12.3 Å². The number of nitrogens with one attached hydrogen (secondary N) is 1. The molecule has 2 rings (SSSR count). The monoisotopic (exact) mass is 351 g/mol. The van der Waals surface area contributed by atoms with Crippen LogP contribution in [0.5, 0.6) is 0 Å². The lowest BCUT2D eigenvalue weighted by Crippen LogP contribution is -2.24. The second-order valence-corrected chi connectivity index (χ2v) is 5.61. The first kappa shape index (κ1) is 19.0. The molecule has 0 fully saturated rings. The van der Waals surface area contributed by atoms with E-state index in [1.807, 2.05) is 31.2 Å². The fourth-order valence-electron chi connectivity index (χ4n) is 2.28. The summed E-state index contributed by atoms with van der Waals surface area (Å²) in [5, 5.41) is 2.72. The highest BCUT2D eigenvalue weighted by Crippen LogP contribution is 2.29. The second-order valence-electron chi connectivity index (χ2n) is 5.61. The molecule has 0 bridgehead atoms. The third-order valence-electron chi connectivity index (χ3n) is 3.60. The maximum atomic E-state index is 12.7. The summed E-state index contributed by atoms with van der Waals surface area (Å²) in [5.41, 5.74) is 1.54. The van der Waals surface area contributed by atoms with Gasteiger partial charge >= 0.3 is 6.18 Å². The normalized spacial score (nSPS) is 11.4. The maximum absolute atomic E-state index is 12.7. The molecular weight excluding hydrogens is 331 g/mol. The van der Waals surface area contributed by atoms with E-state index in [1.165, 1.54) is 12.1 Å². The molecule has 0 unspecified atom stereocenters. The smallest absolute Gasteiger partial charge is 0.377 e. The molecule has 0 saturated heterocycles. The Kier molecular flexibility index (Phi) is 6.58. The molecule has 2 aromatic rings. The number of ether oxygens (including phenoxy) is 1. The van der Waals surface area contributed by atoms with Crippen molar-refractivity contribution >= 4 is 5.91 Å². The largest absolute Gasteiger partial charge is 0.416 e. The van der Waals surface area contributed by atoms with Gasteiger partial charge in [-0.05, 0) is 29.7 Å². The van der Waals surface area contributed by atoms with Gasteiger partial charge in [-0.15, -0.1) is 0 Å². The lowest BCUT2D eigenvalue weighted by Gasteiger charge is -2.09. The Hall–Kier alpha value is -2.34. The van der Waals surface area contributed by atoms with E-state index in [0.29, 0.717) is 25.3 Å². The van der Waals surface area contributed by atoms with Gasteiger partial charge in [-0.2, -0.15) is 13.2 Å². The summed E-state index contributed by atoms with van der Waals surface area (Å²) in [6.45, 7) is 3.44. The molecule has 0 radical (unpaired) electrons. The molecule has 0 atom stereocenters. The number of benzene rings is 2. The van der Waals surface area contributed by atoms with Gasteiger partial charge in [0.15, 0.2) is 0 Å². The van der Waals surface area contributed by atoms with Crippen LogP contribution in [-0.4, -0.2) is 12.5 Å². The van der Waals surface area contributed by atoms with Gasteiger partial charge in [-0.1, -0.05) is 42.5 Å². The van der Waals surface area contributed by atoms with E-state index in [1.54, 1.807) is 0 Å². The van der Waals surface area contributed by atoms with Crippen LogP contribution in [0.2, 0.25) is 0 Å². The first-order valence-electron chi connectivity index (χ1n) is 7.97. The van der Waals surface area contributed by atoms with Crippen LogP contribution in [0.1, 0.15) is 29.2 Å². The van der Waals surface area contributed by atoms with Crippen LogP contribution in [0.4, 0.5) is 13.2 Å². The Balaban J connectivity index is 1.86. The molecule has 1 amide bonds. The van der Waals surface area contributed by atoms with Crippen LogP contribution in [-0.2, 0) is 35.3 Å². The van der Waals surface area contributed by atoms with E-state index < -0.39 is 11.7 Å². The highest BCUT2D eigenvalue weighted by molar-refractivity contribution is 5.78. The van der Waals surface area contributed by atoms with Crippen molar-refractivity contribution in [1.29, 1.82) is 0 Å². The van der Waals surface area contributed by atoms with Crippen molar-refractivity contribution < 1.29 is 22.7 Å². The van der Waals surface area contributed by atoms with Crippen LogP contribution >= 0.6 is 0 Å². The third-order valence-corrected chi connectivity index (χ3v) is 3.60. The molecule has 1 N–H and O–H groups in total. The number of rotatable bonds is 7. The molecule has 0 aromatic heterocycles. The summed E-state index contributed by atoms with van der Waals surface area (Å²) >= 11 is 0. The van der Waals surface area contributed by atoms with Gasteiger partial charge < -0.3 is 10.1 Å². The number of halogens is 3. The molecule has 6 heteroatoms. The first-order chi connectivity index (χ1) is 11.9. The minimum atomic E-state index is -4.41. The second kappa shape index (κ2) is 8.67. The number of carbonyl (C=O) groups excluding carboxylic acids is 1. The van der Waals surface area contributed by atoms with E-state index in [2.05, 4.69) is 5.32 Å². The topological polar surface area (TPSA) is 38.3 Å². The Morgan fingerprint density at radius 2 is 1.72 bits per heavy atom.